The third-order valence-corrected chi connectivity index (χ3v) is 2.50. The number of phosphoric ester groups is 1. The SMILES string of the molecule is COP(=O)([O-])OP(=O)([O-])O.[Na+].[Na+]. The van der Waals surface area contributed by atoms with E-state index in [0.29, 0.717) is 7.11 Å². The van der Waals surface area contributed by atoms with Crippen molar-refractivity contribution in [1.82, 2.24) is 0 Å². The Morgan fingerprint density at radius 3 is 1.67 bits per heavy atom. The van der Waals surface area contributed by atoms with E-state index < -0.39 is 15.6 Å². The maximum atomic E-state index is 10.1. The summed E-state index contributed by atoms with van der Waals surface area (Å²) in [6.07, 6.45) is 0. The van der Waals surface area contributed by atoms with Crippen LogP contribution in [-0.4, -0.2) is 12.0 Å². The van der Waals surface area contributed by atoms with Gasteiger partial charge >= 0.3 is 59.1 Å². The van der Waals surface area contributed by atoms with Gasteiger partial charge in [0.1, 0.15) is 0 Å². The van der Waals surface area contributed by atoms with E-state index >= 15 is 0 Å². The zero-order chi connectivity index (χ0) is 8.41. The molecule has 0 aliphatic rings. The number of phosphoric acid groups is 2. The summed E-state index contributed by atoms with van der Waals surface area (Å²) >= 11 is 0. The van der Waals surface area contributed by atoms with Crippen LogP contribution < -0.4 is 68.9 Å². The van der Waals surface area contributed by atoms with Crippen molar-refractivity contribution in [2.24, 2.45) is 0 Å². The molecule has 2 unspecified atom stereocenters. The summed E-state index contributed by atoms with van der Waals surface area (Å²) in [6, 6.07) is 0. The van der Waals surface area contributed by atoms with Crippen LogP contribution in [0.4, 0.5) is 0 Å². The van der Waals surface area contributed by atoms with Crippen LogP contribution in [0, 0.1) is 0 Å². The molecule has 12 heavy (non-hydrogen) atoms. The molecule has 0 bridgehead atoms. The van der Waals surface area contributed by atoms with E-state index in [1.54, 1.807) is 0 Å². The Morgan fingerprint density at radius 2 is 1.58 bits per heavy atom. The van der Waals surface area contributed by atoms with Crippen LogP contribution >= 0.6 is 15.6 Å². The molecule has 7 nitrogen and oxygen atoms in total. The van der Waals surface area contributed by atoms with Gasteiger partial charge in [0.15, 0.2) is 0 Å². The zero-order valence-electron chi connectivity index (χ0n) is 6.79. The molecule has 0 saturated carbocycles. The van der Waals surface area contributed by atoms with Crippen LogP contribution in [0.3, 0.4) is 0 Å². The predicted molar refractivity (Wildman–Crippen MR) is 25.5 cm³/mol. The van der Waals surface area contributed by atoms with Gasteiger partial charge in [-0.3, -0.25) is 9.13 Å². The largest absolute Gasteiger partial charge is 1.00 e. The monoisotopic (exact) mass is 236 g/mol. The molecular formula is CH4Na2O7P2. The van der Waals surface area contributed by atoms with Crippen molar-refractivity contribution >= 4 is 15.6 Å². The molecule has 0 rings (SSSR count). The van der Waals surface area contributed by atoms with E-state index in [-0.39, 0.29) is 59.1 Å². The maximum Gasteiger partial charge on any atom is 1.00 e. The average molecular weight is 236 g/mol. The molecule has 1 N–H and O–H groups in total. The first-order valence-electron chi connectivity index (χ1n) is 1.89. The number of rotatable bonds is 3. The van der Waals surface area contributed by atoms with Gasteiger partial charge in [-0.05, 0) is 0 Å². The summed E-state index contributed by atoms with van der Waals surface area (Å²) in [5.41, 5.74) is 0. The standard InChI is InChI=1S/CH6O7P2.2Na/c1-7-10(5,6)8-9(2,3)4;;/h1H3,(H,5,6)(H2,2,3,4);;/q;2*+1/p-2. The van der Waals surface area contributed by atoms with Crippen LogP contribution in [0.15, 0.2) is 0 Å². The van der Waals surface area contributed by atoms with Crippen LogP contribution in [0.5, 0.6) is 0 Å². The summed E-state index contributed by atoms with van der Waals surface area (Å²) in [7, 11) is -9.43. The Labute approximate surface area is 113 Å². The van der Waals surface area contributed by atoms with Crippen LogP contribution in [0.1, 0.15) is 0 Å². The molecule has 0 aliphatic heterocycles. The third kappa shape index (κ3) is 12.3. The number of hydrogen-bond acceptors (Lipinski definition) is 6. The van der Waals surface area contributed by atoms with Gasteiger partial charge in [0.05, 0.1) is 0 Å². The second kappa shape index (κ2) is 7.54. The molecule has 0 amide bonds. The Morgan fingerprint density at radius 1 is 1.25 bits per heavy atom. The van der Waals surface area contributed by atoms with Crippen LogP contribution in [0.25, 0.3) is 0 Å². The summed E-state index contributed by atoms with van der Waals surface area (Å²) in [4.78, 5) is 27.6. The van der Waals surface area contributed by atoms with E-state index in [2.05, 4.69) is 8.83 Å². The molecule has 0 saturated heterocycles. The maximum absolute atomic E-state index is 10.1. The second-order valence-electron chi connectivity index (χ2n) is 1.18. The summed E-state index contributed by atoms with van der Waals surface area (Å²) in [5, 5.41) is 0. The molecular weight excluding hydrogens is 232 g/mol. The minimum atomic E-state index is -5.25. The smallest absolute Gasteiger partial charge is 0.756 e. The van der Waals surface area contributed by atoms with E-state index in [0.717, 1.165) is 0 Å². The minimum Gasteiger partial charge on any atom is -0.756 e. The van der Waals surface area contributed by atoms with Crippen LogP contribution in [-0.2, 0) is 18.0 Å². The molecule has 0 aromatic heterocycles. The summed E-state index contributed by atoms with van der Waals surface area (Å²) in [6.45, 7) is 0. The minimum absolute atomic E-state index is 0. The van der Waals surface area contributed by atoms with Gasteiger partial charge in [0.25, 0.3) is 15.6 Å². The Balaban J connectivity index is -0.000000405. The van der Waals surface area contributed by atoms with Crippen molar-refractivity contribution in [3.63, 3.8) is 0 Å². The zero-order valence-corrected chi connectivity index (χ0v) is 12.6. The molecule has 0 spiro atoms. The van der Waals surface area contributed by atoms with Gasteiger partial charge in [-0.1, -0.05) is 0 Å². The fourth-order valence-electron chi connectivity index (χ4n) is 0.160. The van der Waals surface area contributed by atoms with Crippen molar-refractivity contribution in [3.05, 3.63) is 0 Å². The molecule has 0 radical (unpaired) electrons. The summed E-state index contributed by atoms with van der Waals surface area (Å²) < 4.78 is 26.4. The molecule has 2 atom stereocenters. The van der Waals surface area contributed by atoms with Gasteiger partial charge in [0.2, 0.25) is 0 Å². The Bertz CT molecular complexity index is 198. The molecule has 0 heterocycles. The van der Waals surface area contributed by atoms with Gasteiger partial charge in [-0.15, -0.1) is 0 Å². The predicted octanol–water partition coefficient (Wildman–Crippen LogP) is -7.41. The molecule has 11 heteroatoms. The third-order valence-electron chi connectivity index (χ3n) is 0.427. The topological polar surface area (TPSA) is 119 Å². The molecule has 0 aromatic carbocycles. The first kappa shape index (κ1) is 19.8. The van der Waals surface area contributed by atoms with E-state index in [4.69, 9.17) is 4.89 Å². The number of hydrogen-bond donors (Lipinski definition) is 1. The van der Waals surface area contributed by atoms with Crippen molar-refractivity contribution in [2.45, 2.75) is 0 Å². The first-order chi connectivity index (χ1) is 4.27. The van der Waals surface area contributed by atoms with Crippen molar-refractivity contribution in [2.75, 3.05) is 7.11 Å². The first-order valence-corrected chi connectivity index (χ1v) is 4.84. The van der Waals surface area contributed by atoms with Gasteiger partial charge in [-0.25, -0.2) is 4.31 Å². The fourth-order valence-corrected chi connectivity index (χ4v) is 1.44. The van der Waals surface area contributed by atoms with Crippen LogP contribution in [0.2, 0.25) is 0 Å². The molecule has 0 aromatic rings. The van der Waals surface area contributed by atoms with E-state index in [9.17, 15) is 18.9 Å². The summed E-state index contributed by atoms with van der Waals surface area (Å²) in [5.74, 6) is 0. The molecule has 0 fully saturated rings. The van der Waals surface area contributed by atoms with Gasteiger partial charge in [-0.2, -0.15) is 0 Å². The van der Waals surface area contributed by atoms with E-state index in [1.807, 2.05) is 0 Å². The molecule has 0 aliphatic carbocycles. The average Bonchev–Trinajstić information content (AvgIpc) is 1.60. The fraction of sp³-hybridized carbons (Fsp3) is 1.00. The van der Waals surface area contributed by atoms with Gasteiger partial charge in [0, 0.05) is 7.11 Å². The quantitative estimate of drug-likeness (QED) is 0.381. The Kier molecular flexibility index (Phi) is 12.4. The van der Waals surface area contributed by atoms with Crippen molar-refractivity contribution < 1.29 is 91.8 Å². The van der Waals surface area contributed by atoms with Crippen molar-refractivity contribution in [1.29, 1.82) is 0 Å². The normalized spacial score (nSPS) is 19.3. The Hall–Kier alpha value is 2.26. The molecule has 62 valence electrons. The van der Waals surface area contributed by atoms with Crippen molar-refractivity contribution in [3.8, 4) is 0 Å². The van der Waals surface area contributed by atoms with Gasteiger partial charge < -0.3 is 19.2 Å². The second-order valence-corrected chi connectivity index (χ2v) is 4.03. The van der Waals surface area contributed by atoms with E-state index in [1.165, 1.54) is 0 Å².